The van der Waals surface area contributed by atoms with Gasteiger partial charge >= 0.3 is 10.2 Å². The van der Waals surface area contributed by atoms with E-state index in [1.165, 1.54) is 20.3 Å². The van der Waals surface area contributed by atoms with Crippen LogP contribution in [0, 0.1) is 11.3 Å². The molecular weight excluding hydrogens is 716 g/mol. The van der Waals surface area contributed by atoms with Crippen LogP contribution >= 0.6 is 11.6 Å². The number of carbonyl (C=O) groups is 2. The Labute approximate surface area is 318 Å². The molecule has 5 atom stereocenters. The number of halogens is 1. The molecule has 2 amide bonds. The van der Waals surface area contributed by atoms with Crippen LogP contribution < -0.4 is 14.4 Å². The van der Waals surface area contributed by atoms with Gasteiger partial charge in [-0.05, 0) is 104 Å². The van der Waals surface area contributed by atoms with Crippen molar-refractivity contribution < 1.29 is 32.6 Å². The molecule has 2 fully saturated rings. The van der Waals surface area contributed by atoms with Gasteiger partial charge in [0.15, 0.2) is 5.60 Å². The van der Waals surface area contributed by atoms with Gasteiger partial charge in [-0.2, -0.15) is 12.7 Å². The van der Waals surface area contributed by atoms with Gasteiger partial charge in [-0.3, -0.25) is 9.59 Å². The molecule has 2 bridgehead atoms. The number of amides is 2. The maximum absolute atomic E-state index is 14.2. The monoisotopic (exact) mass is 768 g/mol. The van der Waals surface area contributed by atoms with Crippen LogP contribution in [0.1, 0.15) is 81.4 Å². The Bertz CT molecular complexity index is 1870. The summed E-state index contributed by atoms with van der Waals surface area (Å²) in [5.41, 5.74) is 0.258. The molecule has 2 aliphatic carbocycles. The molecule has 7 rings (SSSR count). The summed E-state index contributed by atoms with van der Waals surface area (Å²) in [5.74, 6) is -0.811. The third kappa shape index (κ3) is 7.34. The Kier molecular flexibility index (Phi) is 10.7. The Morgan fingerprint density at radius 3 is 2.58 bits per heavy atom. The van der Waals surface area contributed by atoms with Crippen molar-refractivity contribution in [1.82, 2.24) is 13.9 Å². The predicted molar refractivity (Wildman–Crippen MR) is 204 cm³/mol. The Morgan fingerprint density at radius 2 is 1.85 bits per heavy atom. The summed E-state index contributed by atoms with van der Waals surface area (Å²) in [7, 11) is -0.896. The van der Waals surface area contributed by atoms with Gasteiger partial charge in [-0.15, -0.1) is 0 Å². The van der Waals surface area contributed by atoms with Gasteiger partial charge < -0.3 is 24.4 Å². The summed E-state index contributed by atoms with van der Waals surface area (Å²) in [6.07, 6.45) is 11.0. The number of anilines is 1. The van der Waals surface area contributed by atoms with Crippen molar-refractivity contribution in [2.75, 3.05) is 58.4 Å². The number of hydrogen-bond acceptors (Lipinski definition) is 8. The SMILES string of the molecule is CO[C@H]1/C=C/CCN(C)C(=O)C[C@](O)(C(=O)NS(=O)(=O)N2CCCCC2)c2ccc3c(c2)N(CC2(C)CC[C@@H]12)C[C@@]1(CCCc2cc(Cl)ccc21)CO3. The Balaban J connectivity index is 1.34. The minimum absolute atomic E-state index is 0.0983. The van der Waals surface area contributed by atoms with Crippen molar-refractivity contribution in [3.63, 3.8) is 0 Å². The molecule has 1 saturated carbocycles. The van der Waals surface area contributed by atoms with Crippen molar-refractivity contribution >= 4 is 39.3 Å². The maximum atomic E-state index is 14.2. The highest BCUT2D eigenvalue weighted by atomic mass is 35.5. The molecular formula is C40H53ClN4O7S. The molecule has 53 heavy (non-hydrogen) atoms. The number of fused-ring (bicyclic) bond motifs is 4. The number of nitrogens with one attached hydrogen (secondary N) is 1. The zero-order chi connectivity index (χ0) is 37.6. The second kappa shape index (κ2) is 14.8. The fourth-order valence-corrected chi connectivity index (χ4v) is 10.9. The lowest BCUT2D eigenvalue weighted by Gasteiger charge is -2.53. The van der Waals surface area contributed by atoms with Crippen LogP contribution in [0.5, 0.6) is 5.75 Å². The highest BCUT2D eigenvalue weighted by molar-refractivity contribution is 7.87. The van der Waals surface area contributed by atoms with Crippen molar-refractivity contribution in [2.24, 2.45) is 11.3 Å². The van der Waals surface area contributed by atoms with Crippen LogP contribution in [0.15, 0.2) is 48.6 Å². The average Bonchev–Trinajstić information content (AvgIpc) is 3.28. The summed E-state index contributed by atoms with van der Waals surface area (Å²) in [6, 6.07) is 11.2. The van der Waals surface area contributed by atoms with Crippen LogP contribution in [0.3, 0.4) is 0 Å². The summed E-state index contributed by atoms with van der Waals surface area (Å²) >= 11 is 6.48. The molecule has 13 heteroatoms. The smallest absolute Gasteiger partial charge is 0.303 e. The molecule has 11 nitrogen and oxygen atoms in total. The molecule has 1 unspecified atom stereocenters. The fraction of sp³-hybridized carbons (Fsp3) is 0.600. The topological polar surface area (TPSA) is 129 Å². The number of benzene rings is 2. The highest BCUT2D eigenvalue weighted by Gasteiger charge is 2.51. The molecule has 1 saturated heterocycles. The summed E-state index contributed by atoms with van der Waals surface area (Å²) in [4.78, 5) is 31.8. The van der Waals surface area contributed by atoms with Crippen LogP contribution in [0.2, 0.25) is 5.02 Å². The molecule has 5 aliphatic rings. The largest absolute Gasteiger partial charge is 0.490 e. The van der Waals surface area contributed by atoms with E-state index in [0.29, 0.717) is 62.0 Å². The number of piperidine rings is 1. The van der Waals surface area contributed by atoms with E-state index in [-0.39, 0.29) is 41.5 Å². The third-order valence-corrected chi connectivity index (χ3v) is 14.4. The minimum Gasteiger partial charge on any atom is -0.490 e. The van der Waals surface area contributed by atoms with Crippen LogP contribution in [-0.2, 0) is 42.0 Å². The summed E-state index contributed by atoms with van der Waals surface area (Å²) in [5, 5.41) is 13.2. The Morgan fingerprint density at radius 1 is 1.06 bits per heavy atom. The molecule has 0 aromatic heterocycles. The first-order chi connectivity index (χ1) is 25.3. The molecule has 2 aromatic rings. The Hall–Kier alpha value is -3.16. The van der Waals surface area contributed by atoms with Crippen molar-refractivity contribution in [3.8, 4) is 5.75 Å². The quantitative estimate of drug-likeness (QED) is 0.412. The standard InChI is InChI=1S/C40H53ClN4O7S/c1-38-18-16-32(38)34(51-3)11-5-8-19-43(2)36(46)24-40(48,37(47)42-53(49,50)45-20-6-4-7-21-45)29-12-15-35-33(23-29)44(25-38)26-39(27-52-35)17-9-10-28-22-30(41)13-14-31(28)39/h5,11-15,22-23,32,34,48H,4,6-10,16-21,24-27H2,1-3H3,(H,42,47)/b11-5+/t32-,34-,38?,39-,40+/m0/s1. The van der Waals surface area contributed by atoms with E-state index in [1.54, 1.807) is 32.4 Å². The average molecular weight is 769 g/mol. The lowest BCUT2D eigenvalue weighted by atomic mass is 9.58. The molecule has 3 heterocycles. The van der Waals surface area contributed by atoms with E-state index < -0.39 is 34.0 Å². The molecule has 2 aromatic carbocycles. The number of rotatable bonds is 4. The third-order valence-electron chi connectivity index (χ3n) is 12.7. The number of aryl methyl sites for hydroxylation is 1. The second-order valence-corrected chi connectivity index (χ2v) is 18.3. The lowest BCUT2D eigenvalue weighted by Crippen LogP contribution is -2.54. The predicted octanol–water partition coefficient (Wildman–Crippen LogP) is 5.09. The van der Waals surface area contributed by atoms with Crippen molar-refractivity contribution in [2.45, 2.75) is 88.3 Å². The first-order valence-electron chi connectivity index (χ1n) is 19.1. The van der Waals surface area contributed by atoms with Crippen LogP contribution in [0.25, 0.3) is 0 Å². The normalized spacial score (nSPS) is 31.8. The molecule has 2 N–H and O–H groups in total. The van der Waals surface area contributed by atoms with Gasteiger partial charge in [0.05, 0.1) is 24.8 Å². The van der Waals surface area contributed by atoms with Crippen LogP contribution in [-0.4, -0.2) is 94.1 Å². The van der Waals surface area contributed by atoms with Gasteiger partial charge in [-0.25, -0.2) is 4.72 Å². The number of nitrogens with zero attached hydrogens (tertiary/aromatic N) is 3. The highest BCUT2D eigenvalue weighted by Crippen LogP contribution is 2.53. The number of hydrogen-bond donors (Lipinski definition) is 2. The van der Waals surface area contributed by atoms with Gasteiger partial charge in [-0.1, -0.05) is 49.2 Å². The van der Waals surface area contributed by atoms with E-state index in [9.17, 15) is 23.1 Å². The number of methoxy groups -OCH3 is 1. The number of ether oxygens (including phenoxy) is 2. The van der Waals surface area contributed by atoms with E-state index in [1.807, 2.05) is 12.1 Å². The van der Waals surface area contributed by atoms with Gasteiger partial charge in [0.2, 0.25) is 5.91 Å². The van der Waals surface area contributed by atoms with E-state index >= 15 is 0 Å². The van der Waals surface area contributed by atoms with Crippen molar-refractivity contribution in [1.29, 1.82) is 0 Å². The molecule has 0 radical (unpaired) electrons. The zero-order valence-corrected chi connectivity index (χ0v) is 32.7. The lowest BCUT2D eigenvalue weighted by molar-refractivity contribution is -0.148. The minimum atomic E-state index is -4.27. The first-order valence-corrected chi connectivity index (χ1v) is 20.9. The summed E-state index contributed by atoms with van der Waals surface area (Å²) < 4.78 is 43.1. The zero-order valence-electron chi connectivity index (χ0n) is 31.1. The summed E-state index contributed by atoms with van der Waals surface area (Å²) in [6.45, 7) is 4.91. The van der Waals surface area contributed by atoms with Crippen LogP contribution in [0.4, 0.5) is 5.69 Å². The van der Waals surface area contributed by atoms with Crippen molar-refractivity contribution in [3.05, 3.63) is 70.3 Å². The van der Waals surface area contributed by atoms with Gasteiger partial charge in [0, 0.05) is 57.3 Å². The van der Waals surface area contributed by atoms with Gasteiger partial charge in [0.25, 0.3) is 5.91 Å². The van der Waals surface area contributed by atoms with E-state index in [4.69, 9.17) is 21.1 Å². The number of carbonyl (C=O) groups excluding carboxylic acids is 2. The fourth-order valence-electron chi connectivity index (χ4n) is 9.39. The number of aliphatic hydroxyl groups is 1. The second-order valence-electron chi connectivity index (χ2n) is 16.2. The molecule has 1 spiro atoms. The molecule has 3 aliphatic heterocycles. The van der Waals surface area contributed by atoms with E-state index in [2.05, 4.69) is 34.8 Å². The first kappa shape index (κ1) is 38.1. The maximum Gasteiger partial charge on any atom is 0.303 e. The van der Waals surface area contributed by atoms with E-state index in [0.717, 1.165) is 38.5 Å². The van der Waals surface area contributed by atoms with Gasteiger partial charge in [0.1, 0.15) is 5.75 Å². The molecule has 288 valence electrons.